The van der Waals surface area contributed by atoms with Crippen LogP contribution in [0.15, 0.2) is 18.2 Å². The first-order chi connectivity index (χ1) is 8.21. The first-order valence-electron chi connectivity index (χ1n) is 5.57. The van der Waals surface area contributed by atoms with Crippen LogP contribution in [-0.4, -0.2) is 26.8 Å². The molecule has 1 aromatic carbocycles. The van der Waals surface area contributed by atoms with E-state index in [2.05, 4.69) is 4.74 Å². The van der Waals surface area contributed by atoms with Crippen LogP contribution in [0.2, 0.25) is 0 Å². The van der Waals surface area contributed by atoms with E-state index in [9.17, 15) is 4.79 Å². The van der Waals surface area contributed by atoms with Crippen molar-refractivity contribution in [2.45, 2.75) is 19.8 Å². The molecular formula is C13H18O4. The smallest absolute Gasteiger partial charge is 0.305 e. The van der Waals surface area contributed by atoms with E-state index in [-0.39, 0.29) is 5.97 Å². The molecule has 0 amide bonds. The van der Waals surface area contributed by atoms with Gasteiger partial charge in [-0.05, 0) is 31.0 Å². The van der Waals surface area contributed by atoms with Crippen molar-refractivity contribution in [3.05, 3.63) is 23.8 Å². The number of carbonyl (C=O) groups is 1. The van der Waals surface area contributed by atoms with E-state index >= 15 is 0 Å². The van der Waals surface area contributed by atoms with Gasteiger partial charge < -0.3 is 14.2 Å². The van der Waals surface area contributed by atoms with Gasteiger partial charge in [0.05, 0.1) is 20.8 Å². The zero-order valence-corrected chi connectivity index (χ0v) is 10.5. The quantitative estimate of drug-likeness (QED) is 0.713. The second-order valence-electron chi connectivity index (χ2n) is 3.49. The van der Waals surface area contributed by atoms with Gasteiger partial charge in [-0.2, -0.15) is 0 Å². The molecule has 0 spiro atoms. The van der Waals surface area contributed by atoms with Crippen molar-refractivity contribution in [3.8, 4) is 11.5 Å². The lowest BCUT2D eigenvalue weighted by molar-refractivity contribution is -0.140. The minimum Gasteiger partial charge on any atom is -0.493 e. The fourth-order valence-corrected chi connectivity index (χ4v) is 1.49. The predicted molar refractivity (Wildman–Crippen MR) is 64.5 cm³/mol. The topological polar surface area (TPSA) is 44.8 Å². The van der Waals surface area contributed by atoms with Crippen LogP contribution >= 0.6 is 0 Å². The third-order valence-corrected chi connectivity index (χ3v) is 2.37. The van der Waals surface area contributed by atoms with Gasteiger partial charge in [-0.3, -0.25) is 4.79 Å². The molecule has 0 saturated carbocycles. The summed E-state index contributed by atoms with van der Waals surface area (Å²) in [6.07, 6.45) is 1.00. The SMILES string of the molecule is CCOc1ccc(CCC(=O)OC)cc1OC. The minimum atomic E-state index is -0.210. The summed E-state index contributed by atoms with van der Waals surface area (Å²) in [7, 11) is 2.99. The average Bonchev–Trinajstić information content (AvgIpc) is 2.37. The summed E-state index contributed by atoms with van der Waals surface area (Å²) in [5.41, 5.74) is 1.02. The van der Waals surface area contributed by atoms with E-state index in [0.29, 0.717) is 25.2 Å². The number of aryl methyl sites for hydroxylation is 1. The van der Waals surface area contributed by atoms with Crippen molar-refractivity contribution >= 4 is 5.97 Å². The van der Waals surface area contributed by atoms with Crippen LogP contribution in [0.4, 0.5) is 0 Å². The van der Waals surface area contributed by atoms with Crippen molar-refractivity contribution in [2.24, 2.45) is 0 Å². The molecule has 0 heterocycles. The number of hydrogen-bond acceptors (Lipinski definition) is 4. The lowest BCUT2D eigenvalue weighted by Crippen LogP contribution is -2.02. The lowest BCUT2D eigenvalue weighted by atomic mass is 10.1. The van der Waals surface area contributed by atoms with Gasteiger partial charge >= 0.3 is 5.97 Å². The largest absolute Gasteiger partial charge is 0.493 e. The van der Waals surface area contributed by atoms with Crippen molar-refractivity contribution < 1.29 is 19.0 Å². The van der Waals surface area contributed by atoms with Crippen molar-refractivity contribution in [1.82, 2.24) is 0 Å². The number of rotatable bonds is 6. The highest BCUT2D eigenvalue weighted by molar-refractivity contribution is 5.69. The van der Waals surface area contributed by atoms with Crippen LogP contribution in [-0.2, 0) is 16.0 Å². The molecule has 0 saturated heterocycles. The van der Waals surface area contributed by atoms with Gasteiger partial charge in [-0.25, -0.2) is 0 Å². The summed E-state index contributed by atoms with van der Waals surface area (Å²) in [4.78, 5) is 11.0. The first kappa shape index (κ1) is 13.4. The van der Waals surface area contributed by atoms with E-state index in [0.717, 1.165) is 11.3 Å². The molecule has 0 bridgehead atoms. The molecule has 4 nitrogen and oxygen atoms in total. The Hall–Kier alpha value is -1.71. The highest BCUT2D eigenvalue weighted by Gasteiger charge is 2.07. The molecule has 0 aliphatic rings. The molecule has 0 aliphatic carbocycles. The average molecular weight is 238 g/mol. The maximum absolute atomic E-state index is 11.0. The Morgan fingerprint density at radius 3 is 2.59 bits per heavy atom. The Kier molecular flexibility index (Phi) is 5.33. The third-order valence-electron chi connectivity index (χ3n) is 2.37. The predicted octanol–water partition coefficient (Wildman–Crippen LogP) is 2.20. The van der Waals surface area contributed by atoms with Crippen LogP contribution in [0.5, 0.6) is 11.5 Å². The summed E-state index contributed by atoms with van der Waals surface area (Å²) < 4.78 is 15.2. The monoisotopic (exact) mass is 238 g/mol. The number of esters is 1. The van der Waals surface area contributed by atoms with Gasteiger partial charge in [0, 0.05) is 6.42 Å². The maximum Gasteiger partial charge on any atom is 0.305 e. The molecule has 0 aliphatic heterocycles. The molecule has 0 radical (unpaired) electrons. The second-order valence-corrected chi connectivity index (χ2v) is 3.49. The van der Waals surface area contributed by atoms with E-state index in [1.165, 1.54) is 7.11 Å². The Bertz CT molecular complexity index is 374. The van der Waals surface area contributed by atoms with E-state index in [4.69, 9.17) is 9.47 Å². The summed E-state index contributed by atoms with van der Waals surface area (Å²) >= 11 is 0. The summed E-state index contributed by atoms with van der Waals surface area (Å²) in [5.74, 6) is 1.20. The lowest BCUT2D eigenvalue weighted by Gasteiger charge is -2.10. The Morgan fingerprint density at radius 2 is 2.00 bits per heavy atom. The highest BCUT2D eigenvalue weighted by atomic mass is 16.5. The first-order valence-corrected chi connectivity index (χ1v) is 5.57. The summed E-state index contributed by atoms with van der Waals surface area (Å²) in [6, 6.07) is 5.67. The molecule has 0 atom stereocenters. The molecule has 0 aromatic heterocycles. The fraction of sp³-hybridized carbons (Fsp3) is 0.462. The zero-order chi connectivity index (χ0) is 12.7. The third kappa shape index (κ3) is 3.98. The van der Waals surface area contributed by atoms with Gasteiger partial charge in [0.25, 0.3) is 0 Å². The van der Waals surface area contributed by atoms with Crippen LogP contribution < -0.4 is 9.47 Å². The van der Waals surface area contributed by atoms with Gasteiger partial charge in [0.2, 0.25) is 0 Å². The van der Waals surface area contributed by atoms with Crippen molar-refractivity contribution in [2.75, 3.05) is 20.8 Å². The molecule has 1 rings (SSSR count). The van der Waals surface area contributed by atoms with Gasteiger partial charge in [0.1, 0.15) is 0 Å². The minimum absolute atomic E-state index is 0.210. The molecule has 4 heteroatoms. The summed E-state index contributed by atoms with van der Waals surface area (Å²) in [5, 5.41) is 0. The van der Waals surface area contributed by atoms with Crippen molar-refractivity contribution in [1.29, 1.82) is 0 Å². The number of benzene rings is 1. The molecule has 0 unspecified atom stereocenters. The maximum atomic E-state index is 11.0. The highest BCUT2D eigenvalue weighted by Crippen LogP contribution is 2.28. The van der Waals surface area contributed by atoms with E-state index < -0.39 is 0 Å². The van der Waals surface area contributed by atoms with Gasteiger partial charge in [-0.15, -0.1) is 0 Å². The standard InChI is InChI=1S/C13H18O4/c1-4-17-11-7-5-10(9-12(11)15-2)6-8-13(14)16-3/h5,7,9H,4,6,8H2,1-3H3. The van der Waals surface area contributed by atoms with Crippen LogP contribution in [0.25, 0.3) is 0 Å². The van der Waals surface area contributed by atoms with Crippen LogP contribution in [0.1, 0.15) is 18.9 Å². The Morgan fingerprint density at radius 1 is 1.24 bits per heavy atom. The van der Waals surface area contributed by atoms with E-state index in [1.807, 2.05) is 25.1 Å². The van der Waals surface area contributed by atoms with E-state index in [1.54, 1.807) is 7.11 Å². The Labute approximate surface area is 101 Å². The second kappa shape index (κ2) is 6.78. The van der Waals surface area contributed by atoms with Crippen LogP contribution in [0.3, 0.4) is 0 Å². The molecule has 0 N–H and O–H groups in total. The number of carbonyl (C=O) groups excluding carboxylic acids is 1. The molecule has 17 heavy (non-hydrogen) atoms. The Balaban J connectivity index is 2.71. The van der Waals surface area contributed by atoms with Gasteiger partial charge in [0.15, 0.2) is 11.5 Å². The fourth-order valence-electron chi connectivity index (χ4n) is 1.49. The van der Waals surface area contributed by atoms with Gasteiger partial charge in [-0.1, -0.05) is 6.07 Å². The number of methoxy groups -OCH3 is 2. The van der Waals surface area contributed by atoms with Crippen LogP contribution in [0, 0.1) is 0 Å². The van der Waals surface area contributed by atoms with Crippen molar-refractivity contribution in [3.63, 3.8) is 0 Å². The molecule has 1 aromatic rings. The molecule has 94 valence electrons. The normalized spacial score (nSPS) is 9.82. The number of hydrogen-bond donors (Lipinski definition) is 0. The molecular weight excluding hydrogens is 220 g/mol. The summed E-state index contributed by atoms with van der Waals surface area (Å²) in [6.45, 7) is 2.52. The zero-order valence-electron chi connectivity index (χ0n) is 10.5. The molecule has 0 fully saturated rings. The number of ether oxygens (including phenoxy) is 3.